The van der Waals surface area contributed by atoms with Crippen LogP contribution in [-0.2, 0) is 7.05 Å². The summed E-state index contributed by atoms with van der Waals surface area (Å²) in [4.78, 5) is 0. The fourth-order valence-corrected chi connectivity index (χ4v) is 5.14. The van der Waals surface area contributed by atoms with Gasteiger partial charge in [-0.3, -0.25) is 0 Å². The van der Waals surface area contributed by atoms with E-state index in [0.717, 1.165) is 16.9 Å². The molecule has 0 saturated heterocycles. The van der Waals surface area contributed by atoms with Crippen molar-refractivity contribution < 1.29 is 4.42 Å². The molecule has 0 amide bonds. The van der Waals surface area contributed by atoms with Gasteiger partial charge in [0, 0.05) is 45.4 Å². The van der Waals surface area contributed by atoms with Crippen LogP contribution in [0.1, 0.15) is 0 Å². The number of rotatable bonds is 1. The normalized spacial score (nSPS) is 12.3. The molecule has 2 heteroatoms. The van der Waals surface area contributed by atoms with Crippen molar-refractivity contribution in [2.75, 3.05) is 0 Å². The number of nitrogens with zero attached hydrogens (tertiary/aromatic N) is 1. The van der Waals surface area contributed by atoms with Gasteiger partial charge < -0.3 is 8.98 Å². The van der Waals surface area contributed by atoms with E-state index >= 15 is 0 Å². The zero-order chi connectivity index (χ0) is 19.1. The van der Waals surface area contributed by atoms with Crippen LogP contribution in [0.4, 0.5) is 0 Å². The van der Waals surface area contributed by atoms with Crippen LogP contribution >= 0.6 is 0 Å². The number of fused-ring (bicyclic) bond motifs is 3. The first kappa shape index (κ1) is 15.2. The number of furan rings is 1. The van der Waals surface area contributed by atoms with E-state index in [9.17, 15) is 0 Å². The Bertz CT molecular complexity index is 1600. The third-order valence-electron chi connectivity index (χ3n) is 6.37. The molecular formula is C27H17NO. The fourth-order valence-electron chi connectivity index (χ4n) is 5.14. The maximum atomic E-state index is 6.52. The summed E-state index contributed by atoms with van der Waals surface area (Å²) in [5.74, 6) is 0.949. The summed E-state index contributed by atoms with van der Waals surface area (Å²) < 4.78 is 8.83. The van der Waals surface area contributed by atoms with E-state index in [-0.39, 0.29) is 0 Å². The smallest absolute Gasteiger partial charge is 0.143 e. The molecule has 2 heterocycles. The monoisotopic (exact) mass is 371 g/mol. The Morgan fingerprint density at radius 2 is 1.31 bits per heavy atom. The van der Waals surface area contributed by atoms with Gasteiger partial charge in [-0.2, -0.15) is 0 Å². The predicted octanol–water partition coefficient (Wildman–Crippen LogP) is 7.39. The number of benzene rings is 4. The molecule has 0 atom stereocenters. The van der Waals surface area contributed by atoms with Gasteiger partial charge in [0.2, 0.25) is 0 Å². The van der Waals surface area contributed by atoms with Crippen molar-refractivity contribution in [3.63, 3.8) is 0 Å². The molecule has 2 aromatic heterocycles. The van der Waals surface area contributed by atoms with Crippen LogP contribution in [0.2, 0.25) is 0 Å². The molecule has 2 nitrogen and oxygen atoms in total. The van der Waals surface area contributed by atoms with Gasteiger partial charge in [-0.15, -0.1) is 0 Å². The SMILES string of the molecule is Cn1c2cccc3c2c2c4c(c(-c5ccccc5)oc4ccc21)-c1ccccc1-3. The van der Waals surface area contributed by atoms with Gasteiger partial charge in [-0.25, -0.2) is 0 Å². The Morgan fingerprint density at radius 1 is 0.586 bits per heavy atom. The van der Waals surface area contributed by atoms with Crippen molar-refractivity contribution in [3.05, 3.63) is 84.9 Å². The minimum atomic E-state index is 0.949. The van der Waals surface area contributed by atoms with Crippen molar-refractivity contribution in [1.82, 2.24) is 4.57 Å². The molecular weight excluding hydrogens is 354 g/mol. The first-order chi connectivity index (χ1) is 14.3. The summed E-state index contributed by atoms with van der Waals surface area (Å²) in [7, 11) is 2.16. The molecule has 0 aliphatic heterocycles. The minimum absolute atomic E-state index is 0.949. The topological polar surface area (TPSA) is 18.1 Å². The number of aryl methyl sites for hydroxylation is 1. The maximum absolute atomic E-state index is 6.52. The molecule has 0 N–H and O–H groups in total. The molecule has 0 saturated carbocycles. The Hall–Kier alpha value is -3.78. The average molecular weight is 371 g/mol. The van der Waals surface area contributed by atoms with Gasteiger partial charge in [-0.05, 0) is 34.9 Å². The molecule has 0 spiro atoms. The van der Waals surface area contributed by atoms with Gasteiger partial charge in [0.05, 0.1) is 0 Å². The summed E-state index contributed by atoms with van der Waals surface area (Å²) in [6.07, 6.45) is 0. The Kier molecular flexibility index (Phi) is 2.71. The van der Waals surface area contributed by atoms with Crippen molar-refractivity contribution in [3.8, 4) is 33.6 Å². The van der Waals surface area contributed by atoms with Gasteiger partial charge >= 0.3 is 0 Å². The van der Waals surface area contributed by atoms with Crippen LogP contribution in [0.5, 0.6) is 0 Å². The van der Waals surface area contributed by atoms with Crippen molar-refractivity contribution >= 4 is 32.8 Å². The fraction of sp³-hybridized carbons (Fsp3) is 0.0370. The highest BCUT2D eigenvalue weighted by molar-refractivity contribution is 6.30. The van der Waals surface area contributed by atoms with E-state index in [1.165, 1.54) is 49.4 Å². The van der Waals surface area contributed by atoms with Crippen molar-refractivity contribution in [2.45, 2.75) is 0 Å². The minimum Gasteiger partial charge on any atom is -0.455 e. The van der Waals surface area contributed by atoms with E-state index in [2.05, 4.69) is 90.5 Å². The first-order valence-electron chi connectivity index (χ1n) is 9.95. The van der Waals surface area contributed by atoms with Crippen molar-refractivity contribution in [1.29, 1.82) is 0 Å². The second kappa shape index (κ2) is 5.18. The molecule has 0 radical (unpaired) electrons. The lowest BCUT2D eigenvalue weighted by Gasteiger charge is -2.11. The van der Waals surface area contributed by atoms with Crippen LogP contribution in [0.3, 0.4) is 0 Å². The first-order valence-corrected chi connectivity index (χ1v) is 9.95. The lowest BCUT2D eigenvalue weighted by atomic mass is 9.93. The molecule has 136 valence electrons. The van der Waals surface area contributed by atoms with E-state index in [0.29, 0.717) is 0 Å². The summed E-state index contributed by atoms with van der Waals surface area (Å²) in [5, 5.41) is 3.85. The lowest BCUT2D eigenvalue weighted by Crippen LogP contribution is -1.89. The third-order valence-corrected chi connectivity index (χ3v) is 6.37. The molecule has 29 heavy (non-hydrogen) atoms. The Labute approximate surface area is 167 Å². The van der Waals surface area contributed by atoms with Crippen molar-refractivity contribution in [2.24, 2.45) is 7.05 Å². The Balaban J connectivity index is 1.83. The summed E-state index contributed by atoms with van der Waals surface area (Å²) in [5.41, 5.74) is 9.57. The zero-order valence-corrected chi connectivity index (χ0v) is 15.9. The maximum Gasteiger partial charge on any atom is 0.143 e. The van der Waals surface area contributed by atoms with E-state index in [4.69, 9.17) is 4.42 Å². The van der Waals surface area contributed by atoms with Crippen LogP contribution in [0.15, 0.2) is 89.3 Å². The average Bonchev–Trinajstić information content (AvgIpc) is 3.26. The second-order valence-electron chi connectivity index (χ2n) is 7.81. The molecule has 7 rings (SSSR count). The molecule has 0 unspecified atom stereocenters. The van der Waals surface area contributed by atoms with Gasteiger partial charge in [0.25, 0.3) is 0 Å². The quantitative estimate of drug-likeness (QED) is 0.294. The molecule has 0 bridgehead atoms. The van der Waals surface area contributed by atoms with Crippen LogP contribution in [0, 0.1) is 0 Å². The molecule has 1 aliphatic rings. The van der Waals surface area contributed by atoms with E-state index < -0.39 is 0 Å². The second-order valence-corrected chi connectivity index (χ2v) is 7.81. The molecule has 4 aromatic carbocycles. The summed E-state index contributed by atoms with van der Waals surface area (Å²) in [6.45, 7) is 0. The standard InChI is InChI=1S/C27H17NO/c1-28-20-13-7-12-18-17-10-5-6-11-19(17)24-26-22(15-14-21(28)25(26)23(18)20)29-27(24)16-8-3-2-4-9-16/h2-15H,1H3. The summed E-state index contributed by atoms with van der Waals surface area (Å²) >= 11 is 0. The summed E-state index contributed by atoms with van der Waals surface area (Å²) in [6, 6.07) is 30.1. The molecule has 0 fully saturated rings. The van der Waals surface area contributed by atoms with Gasteiger partial charge in [-0.1, -0.05) is 66.7 Å². The third kappa shape index (κ3) is 1.77. The van der Waals surface area contributed by atoms with Gasteiger partial charge in [0.1, 0.15) is 11.3 Å². The van der Waals surface area contributed by atoms with E-state index in [1.54, 1.807) is 0 Å². The molecule has 6 aromatic rings. The predicted molar refractivity (Wildman–Crippen MR) is 120 cm³/mol. The Morgan fingerprint density at radius 3 is 2.17 bits per heavy atom. The molecule has 1 aliphatic carbocycles. The number of hydrogen-bond acceptors (Lipinski definition) is 1. The highest BCUT2D eigenvalue weighted by Crippen LogP contribution is 2.52. The highest BCUT2D eigenvalue weighted by Gasteiger charge is 2.28. The van der Waals surface area contributed by atoms with Crippen LogP contribution < -0.4 is 0 Å². The number of hydrogen-bond donors (Lipinski definition) is 0. The van der Waals surface area contributed by atoms with E-state index in [1.807, 2.05) is 6.07 Å². The largest absolute Gasteiger partial charge is 0.455 e. The van der Waals surface area contributed by atoms with Crippen LogP contribution in [-0.4, -0.2) is 4.57 Å². The van der Waals surface area contributed by atoms with Gasteiger partial charge in [0.15, 0.2) is 0 Å². The zero-order valence-electron chi connectivity index (χ0n) is 15.9. The highest BCUT2D eigenvalue weighted by atomic mass is 16.3. The van der Waals surface area contributed by atoms with Crippen LogP contribution in [0.25, 0.3) is 66.4 Å². The lowest BCUT2D eigenvalue weighted by molar-refractivity contribution is 0.632. The number of aromatic nitrogens is 1.